The third kappa shape index (κ3) is 1.28. The molecule has 1 atom stereocenters. The second kappa shape index (κ2) is 3.23. The SMILES string of the molecule is CC=C1C(=O)C=CC12CC=C(C)CC2. The zero-order chi connectivity index (χ0) is 10.2. The van der Waals surface area contributed by atoms with Crippen molar-refractivity contribution in [2.45, 2.75) is 33.1 Å². The second-order valence-corrected chi connectivity index (χ2v) is 4.31. The van der Waals surface area contributed by atoms with Gasteiger partial charge in [-0.15, -0.1) is 0 Å². The van der Waals surface area contributed by atoms with Gasteiger partial charge in [-0.3, -0.25) is 4.79 Å². The van der Waals surface area contributed by atoms with Crippen molar-refractivity contribution in [2.75, 3.05) is 0 Å². The molecule has 0 aromatic carbocycles. The van der Waals surface area contributed by atoms with Crippen molar-refractivity contribution in [1.82, 2.24) is 0 Å². The van der Waals surface area contributed by atoms with E-state index in [9.17, 15) is 4.79 Å². The molecule has 0 aliphatic heterocycles. The summed E-state index contributed by atoms with van der Waals surface area (Å²) in [6.07, 6.45) is 11.3. The van der Waals surface area contributed by atoms with Crippen LogP contribution in [-0.2, 0) is 4.79 Å². The maximum Gasteiger partial charge on any atom is 0.182 e. The van der Waals surface area contributed by atoms with Gasteiger partial charge in [0.15, 0.2) is 5.78 Å². The van der Waals surface area contributed by atoms with Crippen molar-refractivity contribution in [3.8, 4) is 0 Å². The van der Waals surface area contributed by atoms with Gasteiger partial charge in [0.1, 0.15) is 0 Å². The zero-order valence-corrected chi connectivity index (χ0v) is 8.84. The molecule has 0 fully saturated rings. The predicted molar refractivity (Wildman–Crippen MR) is 57.9 cm³/mol. The van der Waals surface area contributed by atoms with E-state index < -0.39 is 0 Å². The first kappa shape index (κ1) is 9.45. The molecular formula is C13H16O. The minimum absolute atomic E-state index is 0.0470. The monoisotopic (exact) mass is 188 g/mol. The molecule has 0 aromatic rings. The van der Waals surface area contributed by atoms with Crippen LogP contribution in [0.2, 0.25) is 0 Å². The van der Waals surface area contributed by atoms with Gasteiger partial charge in [-0.25, -0.2) is 0 Å². The Morgan fingerprint density at radius 3 is 2.86 bits per heavy atom. The molecule has 0 saturated heterocycles. The van der Waals surface area contributed by atoms with Crippen molar-refractivity contribution < 1.29 is 4.79 Å². The highest BCUT2D eigenvalue weighted by atomic mass is 16.1. The summed E-state index contributed by atoms with van der Waals surface area (Å²) in [5.74, 6) is 0.209. The largest absolute Gasteiger partial charge is 0.290 e. The Bertz CT molecular complexity index is 357. The molecular weight excluding hydrogens is 172 g/mol. The minimum Gasteiger partial charge on any atom is -0.290 e. The second-order valence-electron chi connectivity index (χ2n) is 4.31. The Morgan fingerprint density at radius 1 is 1.50 bits per heavy atom. The van der Waals surface area contributed by atoms with Gasteiger partial charge in [0.05, 0.1) is 0 Å². The normalized spacial score (nSPS) is 34.3. The molecule has 0 bridgehead atoms. The highest BCUT2D eigenvalue weighted by Crippen LogP contribution is 2.46. The molecule has 2 rings (SSSR count). The summed E-state index contributed by atoms with van der Waals surface area (Å²) in [6.45, 7) is 4.13. The third-order valence-corrected chi connectivity index (χ3v) is 3.42. The van der Waals surface area contributed by atoms with Crippen molar-refractivity contribution in [2.24, 2.45) is 5.41 Å². The maximum atomic E-state index is 11.6. The number of carbonyl (C=O) groups excluding carboxylic acids is 1. The molecule has 1 heteroatoms. The molecule has 2 aliphatic rings. The molecule has 0 heterocycles. The molecule has 0 radical (unpaired) electrons. The standard InChI is InChI=1S/C13H16O/c1-3-11-12(14)6-9-13(11)7-4-10(2)5-8-13/h3-4,6,9H,5,7-8H2,1-2H3. The molecule has 1 spiro atoms. The Kier molecular flexibility index (Phi) is 2.18. The molecule has 0 saturated carbocycles. The number of hydrogen-bond donors (Lipinski definition) is 0. The molecule has 14 heavy (non-hydrogen) atoms. The van der Waals surface area contributed by atoms with Crippen LogP contribution in [0.25, 0.3) is 0 Å². The van der Waals surface area contributed by atoms with Crippen molar-refractivity contribution in [3.63, 3.8) is 0 Å². The summed E-state index contributed by atoms with van der Waals surface area (Å²) in [5, 5.41) is 0. The topological polar surface area (TPSA) is 17.1 Å². The van der Waals surface area contributed by atoms with E-state index in [1.165, 1.54) is 5.57 Å². The van der Waals surface area contributed by atoms with Gasteiger partial charge in [0.2, 0.25) is 0 Å². The van der Waals surface area contributed by atoms with Crippen LogP contribution < -0.4 is 0 Å². The first-order valence-corrected chi connectivity index (χ1v) is 5.24. The fourth-order valence-electron chi connectivity index (χ4n) is 2.47. The van der Waals surface area contributed by atoms with Crippen molar-refractivity contribution in [3.05, 3.63) is 35.5 Å². The first-order chi connectivity index (χ1) is 6.68. The van der Waals surface area contributed by atoms with E-state index in [4.69, 9.17) is 0 Å². The summed E-state index contributed by atoms with van der Waals surface area (Å²) >= 11 is 0. The fraction of sp³-hybridized carbons (Fsp3) is 0.462. The summed E-state index contributed by atoms with van der Waals surface area (Å²) < 4.78 is 0. The molecule has 0 amide bonds. The first-order valence-electron chi connectivity index (χ1n) is 5.24. The highest BCUT2D eigenvalue weighted by Gasteiger charge is 2.38. The van der Waals surface area contributed by atoms with E-state index in [2.05, 4.69) is 19.1 Å². The van der Waals surface area contributed by atoms with Crippen LogP contribution in [0.3, 0.4) is 0 Å². The van der Waals surface area contributed by atoms with E-state index in [1.807, 2.05) is 13.0 Å². The summed E-state index contributed by atoms with van der Waals surface area (Å²) in [5.41, 5.74) is 2.51. The molecule has 74 valence electrons. The molecule has 1 nitrogen and oxygen atoms in total. The lowest BCUT2D eigenvalue weighted by Gasteiger charge is -2.31. The summed E-state index contributed by atoms with van der Waals surface area (Å²) in [7, 11) is 0. The lowest BCUT2D eigenvalue weighted by Crippen LogP contribution is -2.22. The lowest BCUT2D eigenvalue weighted by molar-refractivity contribution is -0.111. The van der Waals surface area contributed by atoms with Gasteiger partial charge in [-0.05, 0) is 39.2 Å². The quantitative estimate of drug-likeness (QED) is 0.421. The van der Waals surface area contributed by atoms with Crippen LogP contribution >= 0.6 is 0 Å². The molecule has 0 aromatic heterocycles. The van der Waals surface area contributed by atoms with Gasteiger partial charge >= 0.3 is 0 Å². The smallest absolute Gasteiger partial charge is 0.182 e. The Balaban J connectivity index is 2.35. The van der Waals surface area contributed by atoms with Crippen molar-refractivity contribution in [1.29, 1.82) is 0 Å². The molecule has 0 N–H and O–H groups in total. The highest BCUT2D eigenvalue weighted by molar-refractivity contribution is 6.08. The van der Waals surface area contributed by atoms with E-state index >= 15 is 0 Å². The van der Waals surface area contributed by atoms with Crippen LogP contribution in [0.4, 0.5) is 0 Å². The van der Waals surface area contributed by atoms with E-state index in [0.29, 0.717) is 0 Å². The van der Waals surface area contributed by atoms with Crippen LogP contribution in [0.1, 0.15) is 33.1 Å². The number of hydrogen-bond acceptors (Lipinski definition) is 1. The average molecular weight is 188 g/mol. The zero-order valence-electron chi connectivity index (χ0n) is 8.84. The fourth-order valence-corrected chi connectivity index (χ4v) is 2.47. The number of carbonyl (C=O) groups is 1. The van der Waals surface area contributed by atoms with Gasteiger partial charge < -0.3 is 0 Å². The molecule has 1 unspecified atom stereocenters. The van der Waals surface area contributed by atoms with Crippen LogP contribution in [0.15, 0.2) is 35.5 Å². The van der Waals surface area contributed by atoms with Gasteiger partial charge in [0, 0.05) is 11.0 Å². The third-order valence-electron chi connectivity index (χ3n) is 3.42. The molecule has 2 aliphatic carbocycles. The lowest BCUT2D eigenvalue weighted by atomic mass is 9.72. The predicted octanol–water partition coefficient (Wildman–Crippen LogP) is 3.19. The number of ketones is 1. The van der Waals surface area contributed by atoms with Crippen molar-refractivity contribution >= 4 is 5.78 Å². The Hall–Kier alpha value is -1.11. The number of allylic oxidation sites excluding steroid dienone is 6. The maximum absolute atomic E-state index is 11.6. The van der Waals surface area contributed by atoms with E-state index in [-0.39, 0.29) is 11.2 Å². The Morgan fingerprint density at radius 2 is 2.29 bits per heavy atom. The van der Waals surface area contributed by atoms with Gasteiger partial charge in [0.25, 0.3) is 0 Å². The van der Waals surface area contributed by atoms with E-state index in [1.54, 1.807) is 6.08 Å². The van der Waals surface area contributed by atoms with Gasteiger partial charge in [-0.1, -0.05) is 23.8 Å². The summed E-state index contributed by atoms with van der Waals surface area (Å²) in [6, 6.07) is 0. The van der Waals surface area contributed by atoms with Gasteiger partial charge in [-0.2, -0.15) is 0 Å². The number of rotatable bonds is 0. The minimum atomic E-state index is 0.0470. The van der Waals surface area contributed by atoms with Crippen LogP contribution in [0, 0.1) is 5.41 Å². The van der Waals surface area contributed by atoms with Crippen LogP contribution in [0.5, 0.6) is 0 Å². The van der Waals surface area contributed by atoms with Crippen LogP contribution in [-0.4, -0.2) is 5.78 Å². The Labute approximate surface area is 85.2 Å². The average Bonchev–Trinajstić information content (AvgIpc) is 2.49. The summed E-state index contributed by atoms with van der Waals surface area (Å²) in [4.78, 5) is 11.6. The van der Waals surface area contributed by atoms with E-state index in [0.717, 1.165) is 24.8 Å².